The maximum atomic E-state index is 13.5. The van der Waals surface area contributed by atoms with E-state index in [9.17, 15) is 19.7 Å². The highest BCUT2D eigenvalue weighted by Crippen LogP contribution is 2.47. The summed E-state index contributed by atoms with van der Waals surface area (Å²) in [5.41, 5.74) is 2.85. The van der Waals surface area contributed by atoms with Crippen molar-refractivity contribution < 1.29 is 14.1 Å². The Hall–Kier alpha value is -3.88. The molecule has 3 aliphatic rings. The number of nitro groups is 1. The molecule has 5 heterocycles. The van der Waals surface area contributed by atoms with Gasteiger partial charge in [-0.2, -0.15) is 0 Å². The molecular weight excluding hydrogens is 448 g/mol. The maximum Gasteiger partial charge on any atom is 0.269 e. The minimum atomic E-state index is -0.390. The summed E-state index contributed by atoms with van der Waals surface area (Å²) < 4.78 is 7.24. The molecule has 1 N–H and O–H groups in total. The first-order chi connectivity index (χ1) is 17.0. The van der Waals surface area contributed by atoms with Crippen molar-refractivity contribution in [3.8, 4) is 0 Å². The Morgan fingerprint density at radius 3 is 2.86 bits per heavy atom. The number of amides is 1. The summed E-state index contributed by atoms with van der Waals surface area (Å²) >= 11 is 0. The minimum absolute atomic E-state index is 0.00284. The lowest BCUT2D eigenvalue weighted by Crippen LogP contribution is -2.61. The summed E-state index contributed by atoms with van der Waals surface area (Å²) in [6.45, 7) is 1.70. The number of furan rings is 1. The molecule has 1 amide bonds. The van der Waals surface area contributed by atoms with Crippen LogP contribution in [0.3, 0.4) is 0 Å². The van der Waals surface area contributed by atoms with Crippen molar-refractivity contribution in [1.29, 1.82) is 0 Å². The van der Waals surface area contributed by atoms with Crippen molar-refractivity contribution in [3.63, 3.8) is 0 Å². The number of hydrogen-bond donors (Lipinski definition) is 1. The number of nitrogens with zero attached hydrogens (tertiary/aromatic N) is 3. The van der Waals surface area contributed by atoms with Crippen LogP contribution in [-0.4, -0.2) is 34.5 Å². The quantitative estimate of drug-likeness (QED) is 0.450. The summed E-state index contributed by atoms with van der Waals surface area (Å²) in [4.78, 5) is 39.5. The van der Waals surface area contributed by atoms with Gasteiger partial charge in [0.25, 0.3) is 11.2 Å². The number of benzene rings is 1. The third kappa shape index (κ3) is 3.71. The smallest absolute Gasteiger partial charge is 0.269 e. The van der Waals surface area contributed by atoms with Crippen LogP contribution in [0.4, 0.5) is 11.4 Å². The molecular formula is C26H26N4O5. The number of nitrogens with one attached hydrogen (secondary N) is 1. The molecule has 6 rings (SSSR count). The van der Waals surface area contributed by atoms with Crippen LogP contribution in [0.15, 0.2) is 64.0 Å². The van der Waals surface area contributed by atoms with E-state index in [1.54, 1.807) is 24.5 Å². The van der Waals surface area contributed by atoms with E-state index in [4.69, 9.17) is 4.42 Å². The number of piperidine rings is 1. The zero-order valence-electron chi connectivity index (χ0n) is 19.1. The van der Waals surface area contributed by atoms with E-state index < -0.39 is 4.92 Å². The summed E-state index contributed by atoms with van der Waals surface area (Å²) in [7, 11) is 0. The van der Waals surface area contributed by atoms with Gasteiger partial charge in [0.15, 0.2) is 0 Å². The fourth-order valence-electron chi connectivity index (χ4n) is 6.35. The molecule has 0 aliphatic carbocycles. The summed E-state index contributed by atoms with van der Waals surface area (Å²) in [6, 6.07) is 14.0. The molecule has 0 spiro atoms. The molecule has 180 valence electrons. The van der Waals surface area contributed by atoms with Crippen LogP contribution in [-0.2, 0) is 24.2 Å². The second kappa shape index (κ2) is 8.41. The topological polar surface area (TPSA) is 111 Å². The van der Waals surface area contributed by atoms with Crippen molar-refractivity contribution in [1.82, 2.24) is 9.88 Å². The molecule has 35 heavy (non-hydrogen) atoms. The molecule has 2 bridgehead atoms. The minimum Gasteiger partial charge on any atom is -0.469 e. The van der Waals surface area contributed by atoms with Crippen LogP contribution in [0.5, 0.6) is 0 Å². The molecule has 4 atom stereocenters. The molecule has 1 aromatic carbocycles. The lowest BCUT2D eigenvalue weighted by Gasteiger charge is -2.54. The molecule has 3 aliphatic heterocycles. The molecule has 0 radical (unpaired) electrons. The van der Waals surface area contributed by atoms with E-state index in [0.29, 0.717) is 32.5 Å². The van der Waals surface area contributed by atoms with Crippen molar-refractivity contribution >= 4 is 17.3 Å². The number of pyridine rings is 1. The lowest BCUT2D eigenvalue weighted by molar-refractivity contribution is -0.384. The predicted molar refractivity (Wildman–Crippen MR) is 128 cm³/mol. The Morgan fingerprint density at radius 1 is 1.17 bits per heavy atom. The van der Waals surface area contributed by atoms with E-state index in [2.05, 4.69) is 10.2 Å². The molecule has 3 aromatic rings. The van der Waals surface area contributed by atoms with Crippen molar-refractivity contribution in [2.75, 3.05) is 18.0 Å². The normalized spacial score (nSPS) is 24.2. The van der Waals surface area contributed by atoms with E-state index in [0.717, 1.165) is 29.1 Å². The predicted octanol–water partition coefficient (Wildman–Crippen LogP) is 2.87. The van der Waals surface area contributed by atoms with Crippen LogP contribution < -0.4 is 15.8 Å². The van der Waals surface area contributed by atoms with E-state index in [-0.39, 0.29) is 40.9 Å². The van der Waals surface area contributed by atoms with Gasteiger partial charge in [0.2, 0.25) is 5.91 Å². The monoisotopic (exact) mass is 474 g/mol. The zero-order chi connectivity index (χ0) is 24.1. The second-order valence-corrected chi connectivity index (χ2v) is 9.74. The number of anilines is 1. The highest BCUT2D eigenvalue weighted by molar-refractivity contribution is 5.82. The molecule has 1 saturated heterocycles. The Kier molecular flexibility index (Phi) is 5.20. The first-order valence-electron chi connectivity index (χ1n) is 12.0. The van der Waals surface area contributed by atoms with E-state index in [1.807, 2.05) is 34.9 Å². The van der Waals surface area contributed by atoms with Crippen molar-refractivity contribution in [3.05, 3.63) is 92.3 Å². The number of hydrogen-bond acceptors (Lipinski definition) is 6. The first kappa shape index (κ1) is 21.6. The van der Waals surface area contributed by atoms with Gasteiger partial charge in [0, 0.05) is 67.6 Å². The van der Waals surface area contributed by atoms with Crippen LogP contribution in [0.2, 0.25) is 0 Å². The number of rotatable bonds is 5. The summed E-state index contributed by atoms with van der Waals surface area (Å²) in [5.74, 6) is 0.676. The fraction of sp³-hybridized carbons (Fsp3) is 0.385. The van der Waals surface area contributed by atoms with Gasteiger partial charge in [0.1, 0.15) is 5.76 Å². The average Bonchev–Trinajstić information content (AvgIpc) is 3.37. The van der Waals surface area contributed by atoms with Gasteiger partial charge in [-0.25, -0.2) is 0 Å². The van der Waals surface area contributed by atoms with Gasteiger partial charge in [-0.15, -0.1) is 0 Å². The van der Waals surface area contributed by atoms with Crippen LogP contribution in [0.25, 0.3) is 0 Å². The molecule has 2 unspecified atom stereocenters. The molecule has 9 heteroatoms. The van der Waals surface area contributed by atoms with Gasteiger partial charge in [-0.05, 0) is 48.6 Å². The number of carbonyl (C=O) groups is 1. The van der Waals surface area contributed by atoms with Crippen LogP contribution in [0, 0.1) is 22.0 Å². The second-order valence-electron chi connectivity index (χ2n) is 9.74. The van der Waals surface area contributed by atoms with E-state index in [1.165, 1.54) is 0 Å². The zero-order valence-corrected chi connectivity index (χ0v) is 19.1. The number of non-ortho nitro benzene ring substituents is 1. The fourth-order valence-corrected chi connectivity index (χ4v) is 6.35. The third-order valence-electron chi connectivity index (χ3n) is 7.79. The SMILES string of the molecule is O=C(NCCc1ccco1)[C@@H]1Cc2cc([N+](=O)[O-])ccc2N2CC3CC(Cn4c3cccc4=O)[C@@H]12. The lowest BCUT2D eigenvalue weighted by atomic mass is 9.70. The largest absolute Gasteiger partial charge is 0.469 e. The van der Waals surface area contributed by atoms with Gasteiger partial charge in [-0.3, -0.25) is 19.7 Å². The maximum absolute atomic E-state index is 13.5. The van der Waals surface area contributed by atoms with E-state index >= 15 is 0 Å². The highest BCUT2D eigenvalue weighted by Gasteiger charge is 2.49. The number of carbonyl (C=O) groups excluding carboxylic acids is 1. The Balaban J connectivity index is 1.35. The van der Waals surface area contributed by atoms with Gasteiger partial charge < -0.3 is 19.2 Å². The molecule has 0 saturated carbocycles. The molecule has 9 nitrogen and oxygen atoms in total. The van der Waals surface area contributed by atoms with Crippen molar-refractivity contribution in [2.45, 2.75) is 37.8 Å². The third-order valence-corrected chi connectivity index (χ3v) is 7.79. The molecule has 2 aromatic heterocycles. The Morgan fingerprint density at radius 2 is 2.06 bits per heavy atom. The van der Waals surface area contributed by atoms with Gasteiger partial charge >= 0.3 is 0 Å². The van der Waals surface area contributed by atoms with Crippen LogP contribution >= 0.6 is 0 Å². The highest BCUT2D eigenvalue weighted by atomic mass is 16.6. The standard InChI is InChI=1S/C26H26N4O5/c31-24-5-1-4-22-17-11-18(15-28(22)24)25-21(26(32)27-9-8-20-3-2-10-35-20)13-16-12-19(30(33)34)6-7-23(16)29(25)14-17/h1-7,10,12,17-18,21,25H,8-9,11,13-15H2,(H,27,32)/t17?,18?,21-,25+/m1/s1. The number of nitro benzene ring substituents is 1. The average molecular weight is 475 g/mol. The number of fused-ring (bicyclic) bond motifs is 8. The van der Waals surface area contributed by atoms with Gasteiger partial charge in [0.05, 0.1) is 17.1 Å². The summed E-state index contributed by atoms with van der Waals surface area (Å²) in [6.07, 6.45) is 3.56. The Labute approximate surface area is 201 Å². The number of aromatic nitrogens is 1. The van der Waals surface area contributed by atoms with Crippen LogP contribution in [0.1, 0.15) is 29.4 Å². The Bertz CT molecular complexity index is 1350. The van der Waals surface area contributed by atoms with Crippen molar-refractivity contribution in [2.24, 2.45) is 11.8 Å². The molecule has 1 fully saturated rings. The summed E-state index contributed by atoms with van der Waals surface area (Å²) in [5, 5.41) is 14.5. The van der Waals surface area contributed by atoms with Gasteiger partial charge in [-0.1, -0.05) is 6.07 Å². The first-order valence-corrected chi connectivity index (χ1v) is 12.0.